The van der Waals surface area contributed by atoms with Crippen molar-refractivity contribution in [3.05, 3.63) is 11.8 Å². The number of hydrogen-bond acceptors (Lipinski definition) is 2. The zero-order valence-electron chi connectivity index (χ0n) is 12.5. The van der Waals surface area contributed by atoms with Crippen molar-refractivity contribution in [1.82, 2.24) is 0 Å². The highest BCUT2D eigenvalue weighted by atomic mass is 16.5. The van der Waals surface area contributed by atoms with Crippen molar-refractivity contribution in [2.45, 2.75) is 71.6 Å². The maximum atomic E-state index is 10.9. The fourth-order valence-electron chi connectivity index (χ4n) is 3.49. The van der Waals surface area contributed by atoms with E-state index in [1.165, 1.54) is 51.9 Å². The first kappa shape index (κ1) is 14.6. The lowest BCUT2D eigenvalue weighted by atomic mass is 9.78. The highest BCUT2D eigenvalue weighted by Crippen LogP contribution is 2.34. The van der Waals surface area contributed by atoms with Gasteiger partial charge in [-0.05, 0) is 43.1 Å². The third-order valence-electron chi connectivity index (χ3n) is 4.87. The summed E-state index contributed by atoms with van der Waals surface area (Å²) < 4.78 is 5.17. The molecule has 0 aromatic heterocycles. The minimum absolute atomic E-state index is 0.180. The molecule has 0 heterocycles. The molecular formula is C17H28O2. The number of esters is 1. The van der Waals surface area contributed by atoms with E-state index >= 15 is 0 Å². The SMILES string of the molecule is CC(=O)OC1=CCC(CCC2CCC(C)CC2)CC1. The number of carbonyl (C=O) groups is 1. The summed E-state index contributed by atoms with van der Waals surface area (Å²) in [5.41, 5.74) is 0. The van der Waals surface area contributed by atoms with Crippen molar-refractivity contribution in [3.63, 3.8) is 0 Å². The summed E-state index contributed by atoms with van der Waals surface area (Å²) in [4.78, 5) is 10.9. The summed E-state index contributed by atoms with van der Waals surface area (Å²) in [7, 11) is 0. The fourth-order valence-corrected chi connectivity index (χ4v) is 3.49. The van der Waals surface area contributed by atoms with Crippen molar-refractivity contribution < 1.29 is 9.53 Å². The van der Waals surface area contributed by atoms with Crippen molar-refractivity contribution in [2.24, 2.45) is 17.8 Å². The minimum atomic E-state index is -0.180. The summed E-state index contributed by atoms with van der Waals surface area (Å²) in [6, 6.07) is 0. The van der Waals surface area contributed by atoms with Crippen LogP contribution in [0.3, 0.4) is 0 Å². The van der Waals surface area contributed by atoms with Gasteiger partial charge in [0.2, 0.25) is 0 Å². The lowest BCUT2D eigenvalue weighted by molar-refractivity contribution is -0.137. The van der Waals surface area contributed by atoms with E-state index in [9.17, 15) is 4.79 Å². The summed E-state index contributed by atoms with van der Waals surface area (Å²) >= 11 is 0. The van der Waals surface area contributed by atoms with Crippen LogP contribution in [0.2, 0.25) is 0 Å². The Labute approximate surface area is 117 Å². The van der Waals surface area contributed by atoms with Crippen molar-refractivity contribution in [1.29, 1.82) is 0 Å². The van der Waals surface area contributed by atoms with Gasteiger partial charge in [-0.3, -0.25) is 4.79 Å². The Morgan fingerprint density at radius 3 is 2.42 bits per heavy atom. The molecule has 2 nitrogen and oxygen atoms in total. The number of carbonyl (C=O) groups excluding carboxylic acids is 1. The molecular weight excluding hydrogens is 236 g/mol. The second-order valence-corrected chi connectivity index (χ2v) is 6.61. The fraction of sp³-hybridized carbons (Fsp3) is 0.824. The number of allylic oxidation sites excluding steroid dienone is 2. The van der Waals surface area contributed by atoms with E-state index in [-0.39, 0.29) is 5.97 Å². The third-order valence-corrected chi connectivity index (χ3v) is 4.87. The van der Waals surface area contributed by atoms with Gasteiger partial charge in [0.25, 0.3) is 0 Å². The molecule has 0 radical (unpaired) electrons. The smallest absolute Gasteiger partial charge is 0.307 e. The van der Waals surface area contributed by atoms with Crippen LogP contribution in [-0.4, -0.2) is 5.97 Å². The molecule has 0 bridgehead atoms. The largest absolute Gasteiger partial charge is 0.432 e. The van der Waals surface area contributed by atoms with Crippen molar-refractivity contribution in [3.8, 4) is 0 Å². The summed E-state index contributed by atoms with van der Waals surface area (Å²) in [6.07, 6.45) is 13.9. The monoisotopic (exact) mass is 264 g/mol. The van der Waals surface area contributed by atoms with Crippen molar-refractivity contribution in [2.75, 3.05) is 0 Å². The van der Waals surface area contributed by atoms with Crippen LogP contribution < -0.4 is 0 Å². The molecule has 1 fully saturated rings. The second kappa shape index (κ2) is 7.12. The maximum absolute atomic E-state index is 10.9. The predicted molar refractivity (Wildman–Crippen MR) is 77.5 cm³/mol. The first-order chi connectivity index (χ1) is 9.13. The molecule has 0 amide bonds. The van der Waals surface area contributed by atoms with E-state index in [4.69, 9.17) is 4.74 Å². The molecule has 1 saturated carbocycles. The highest BCUT2D eigenvalue weighted by molar-refractivity contribution is 5.67. The standard InChI is InChI=1S/C17H28O2/c1-13-3-5-15(6-4-13)7-8-16-9-11-17(12-10-16)19-14(2)18/h11,13,15-16H,3-10,12H2,1-2H3. The molecule has 1 atom stereocenters. The molecule has 0 aromatic rings. The molecule has 0 aliphatic heterocycles. The summed E-state index contributed by atoms with van der Waals surface area (Å²) in [5, 5.41) is 0. The molecule has 19 heavy (non-hydrogen) atoms. The zero-order valence-corrected chi connectivity index (χ0v) is 12.5. The van der Waals surface area contributed by atoms with Crippen LogP contribution in [0.5, 0.6) is 0 Å². The third kappa shape index (κ3) is 5.00. The topological polar surface area (TPSA) is 26.3 Å². The van der Waals surface area contributed by atoms with Gasteiger partial charge < -0.3 is 4.74 Å². The molecule has 0 spiro atoms. The van der Waals surface area contributed by atoms with Gasteiger partial charge in [-0.25, -0.2) is 0 Å². The van der Waals surface area contributed by atoms with Gasteiger partial charge in [0.05, 0.1) is 0 Å². The van der Waals surface area contributed by atoms with E-state index < -0.39 is 0 Å². The van der Waals surface area contributed by atoms with Gasteiger partial charge in [-0.2, -0.15) is 0 Å². The van der Waals surface area contributed by atoms with Crippen LogP contribution in [-0.2, 0) is 9.53 Å². The number of ether oxygens (including phenoxy) is 1. The Hall–Kier alpha value is -0.790. The Morgan fingerprint density at radius 2 is 1.84 bits per heavy atom. The van der Waals surface area contributed by atoms with Crippen LogP contribution in [0.4, 0.5) is 0 Å². The molecule has 0 aromatic carbocycles. The Bertz CT molecular complexity index is 324. The Balaban J connectivity index is 1.65. The molecule has 2 rings (SSSR count). The normalized spacial score (nSPS) is 31.7. The van der Waals surface area contributed by atoms with E-state index in [0.717, 1.165) is 36.4 Å². The van der Waals surface area contributed by atoms with Crippen LogP contribution >= 0.6 is 0 Å². The average Bonchev–Trinajstić information content (AvgIpc) is 2.39. The Morgan fingerprint density at radius 1 is 1.16 bits per heavy atom. The van der Waals surface area contributed by atoms with Gasteiger partial charge in [0.15, 0.2) is 0 Å². The van der Waals surface area contributed by atoms with Gasteiger partial charge in [-0.15, -0.1) is 0 Å². The van der Waals surface area contributed by atoms with E-state index in [1.807, 2.05) is 0 Å². The van der Waals surface area contributed by atoms with Gasteiger partial charge in [-0.1, -0.05) is 39.0 Å². The molecule has 1 unspecified atom stereocenters. The van der Waals surface area contributed by atoms with Crippen LogP contribution in [0.15, 0.2) is 11.8 Å². The average molecular weight is 264 g/mol. The quantitative estimate of drug-likeness (QED) is 0.679. The molecule has 0 saturated heterocycles. The summed E-state index contributed by atoms with van der Waals surface area (Å²) in [5.74, 6) is 3.48. The number of rotatable bonds is 4. The number of hydrogen-bond donors (Lipinski definition) is 0. The lowest BCUT2D eigenvalue weighted by Gasteiger charge is -2.28. The highest BCUT2D eigenvalue weighted by Gasteiger charge is 2.21. The van der Waals surface area contributed by atoms with E-state index in [2.05, 4.69) is 13.0 Å². The van der Waals surface area contributed by atoms with Crippen LogP contribution in [0.1, 0.15) is 71.6 Å². The van der Waals surface area contributed by atoms with Crippen LogP contribution in [0.25, 0.3) is 0 Å². The summed E-state index contributed by atoms with van der Waals surface area (Å²) in [6.45, 7) is 3.87. The molecule has 108 valence electrons. The lowest BCUT2D eigenvalue weighted by Crippen LogP contribution is -2.15. The predicted octanol–water partition coefficient (Wildman–Crippen LogP) is 4.84. The molecule has 0 N–H and O–H groups in total. The minimum Gasteiger partial charge on any atom is -0.432 e. The van der Waals surface area contributed by atoms with E-state index in [0.29, 0.717) is 0 Å². The Kier molecular flexibility index (Phi) is 5.47. The molecule has 2 heteroatoms. The molecule has 2 aliphatic rings. The van der Waals surface area contributed by atoms with Gasteiger partial charge >= 0.3 is 5.97 Å². The molecule has 2 aliphatic carbocycles. The first-order valence-corrected chi connectivity index (χ1v) is 8.01. The van der Waals surface area contributed by atoms with Gasteiger partial charge in [0, 0.05) is 13.3 Å². The second-order valence-electron chi connectivity index (χ2n) is 6.61. The van der Waals surface area contributed by atoms with Crippen LogP contribution in [0, 0.1) is 17.8 Å². The zero-order chi connectivity index (χ0) is 13.7. The van der Waals surface area contributed by atoms with Crippen molar-refractivity contribution >= 4 is 5.97 Å². The maximum Gasteiger partial charge on any atom is 0.307 e. The van der Waals surface area contributed by atoms with E-state index in [1.54, 1.807) is 0 Å². The van der Waals surface area contributed by atoms with Gasteiger partial charge in [0.1, 0.15) is 5.76 Å². The first-order valence-electron chi connectivity index (χ1n) is 8.01.